The number of aliphatic imine (C=N–C) groups is 1. The Kier molecular flexibility index (Phi) is 2.81. The number of halogens is 2. The van der Waals surface area contributed by atoms with E-state index >= 15 is 0 Å². The first kappa shape index (κ1) is 10.5. The van der Waals surface area contributed by atoms with Crippen LogP contribution in [-0.4, -0.2) is 6.21 Å². The van der Waals surface area contributed by atoms with E-state index in [1.54, 1.807) is 19.1 Å². The monoisotopic (exact) mass is 221 g/mol. The van der Waals surface area contributed by atoms with Gasteiger partial charge in [-0.1, -0.05) is 0 Å². The van der Waals surface area contributed by atoms with Gasteiger partial charge in [-0.3, -0.25) is 4.99 Å². The third-order valence-corrected chi connectivity index (χ3v) is 1.95. The lowest BCUT2D eigenvalue weighted by molar-refractivity contribution is 0.528. The summed E-state index contributed by atoms with van der Waals surface area (Å²) in [7, 11) is 0. The zero-order valence-corrected chi connectivity index (χ0v) is 8.58. The van der Waals surface area contributed by atoms with E-state index in [0.717, 1.165) is 24.0 Å². The first-order valence-electron chi connectivity index (χ1n) is 4.70. The fourth-order valence-corrected chi connectivity index (χ4v) is 1.27. The molecule has 0 aliphatic rings. The Morgan fingerprint density at radius 3 is 2.38 bits per heavy atom. The van der Waals surface area contributed by atoms with Crippen LogP contribution in [0.1, 0.15) is 11.5 Å². The van der Waals surface area contributed by atoms with Crippen LogP contribution in [0, 0.1) is 18.6 Å². The average Bonchev–Trinajstić information content (AvgIpc) is 2.60. The fourth-order valence-electron chi connectivity index (χ4n) is 1.27. The summed E-state index contributed by atoms with van der Waals surface area (Å²) in [5.41, 5.74) is 0.214. The molecule has 2 nitrogen and oxygen atoms in total. The summed E-state index contributed by atoms with van der Waals surface area (Å²) in [6.45, 7) is 1.80. The van der Waals surface area contributed by atoms with Gasteiger partial charge in [0.15, 0.2) is 0 Å². The van der Waals surface area contributed by atoms with Gasteiger partial charge in [-0.15, -0.1) is 0 Å². The van der Waals surface area contributed by atoms with E-state index in [0.29, 0.717) is 5.76 Å². The van der Waals surface area contributed by atoms with Gasteiger partial charge in [0.2, 0.25) is 0 Å². The van der Waals surface area contributed by atoms with Crippen LogP contribution in [0.5, 0.6) is 0 Å². The van der Waals surface area contributed by atoms with Crippen molar-refractivity contribution in [2.45, 2.75) is 6.92 Å². The molecule has 0 N–H and O–H groups in total. The molecule has 0 radical (unpaired) electrons. The van der Waals surface area contributed by atoms with Gasteiger partial charge < -0.3 is 4.42 Å². The van der Waals surface area contributed by atoms with E-state index in [4.69, 9.17) is 4.42 Å². The molecule has 0 unspecified atom stereocenters. The van der Waals surface area contributed by atoms with Crippen LogP contribution in [0.15, 0.2) is 39.7 Å². The van der Waals surface area contributed by atoms with Crippen molar-refractivity contribution in [3.8, 4) is 0 Å². The van der Waals surface area contributed by atoms with Gasteiger partial charge in [0.1, 0.15) is 23.2 Å². The summed E-state index contributed by atoms with van der Waals surface area (Å²) >= 11 is 0. The van der Waals surface area contributed by atoms with Gasteiger partial charge >= 0.3 is 0 Å². The van der Waals surface area contributed by atoms with Gasteiger partial charge in [0.05, 0.1) is 11.9 Å². The minimum absolute atomic E-state index is 0.214. The predicted molar refractivity (Wildman–Crippen MR) is 57.1 cm³/mol. The third kappa shape index (κ3) is 2.53. The second-order valence-electron chi connectivity index (χ2n) is 3.33. The van der Waals surface area contributed by atoms with Gasteiger partial charge in [-0.25, -0.2) is 8.78 Å². The first-order chi connectivity index (χ1) is 7.63. The second kappa shape index (κ2) is 4.26. The summed E-state index contributed by atoms with van der Waals surface area (Å²) in [6, 6.07) is 6.61. The largest absolute Gasteiger partial charge is 0.460 e. The van der Waals surface area contributed by atoms with E-state index in [1.165, 1.54) is 6.21 Å². The molecule has 0 bridgehead atoms. The van der Waals surface area contributed by atoms with Crippen LogP contribution in [0.4, 0.5) is 14.5 Å². The Hall–Kier alpha value is -1.97. The minimum atomic E-state index is -0.650. The highest BCUT2D eigenvalue weighted by atomic mass is 19.1. The number of hydrogen-bond acceptors (Lipinski definition) is 2. The van der Waals surface area contributed by atoms with E-state index in [2.05, 4.69) is 4.99 Å². The molecule has 4 heteroatoms. The molecule has 2 aromatic rings. The molecule has 0 aliphatic carbocycles. The van der Waals surface area contributed by atoms with Crippen molar-refractivity contribution in [3.05, 3.63) is 53.5 Å². The van der Waals surface area contributed by atoms with Crippen molar-refractivity contribution in [3.63, 3.8) is 0 Å². The molecule has 1 aromatic heterocycles. The Morgan fingerprint density at radius 2 is 1.81 bits per heavy atom. The Bertz CT molecular complexity index is 511. The molecule has 1 heterocycles. The maximum atomic E-state index is 12.8. The summed E-state index contributed by atoms with van der Waals surface area (Å²) in [6.07, 6.45) is 1.42. The van der Waals surface area contributed by atoms with E-state index in [1.807, 2.05) is 0 Å². The number of nitrogens with zero attached hydrogens (tertiary/aromatic N) is 1. The average molecular weight is 221 g/mol. The highest BCUT2D eigenvalue weighted by Crippen LogP contribution is 2.16. The van der Waals surface area contributed by atoms with Crippen LogP contribution in [0.25, 0.3) is 0 Å². The molecule has 0 spiro atoms. The lowest BCUT2D eigenvalue weighted by Crippen LogP contribution is -1.79. The maximum absolute atomic E-state index is 12.8. The Balaban J connectivity index is 2.23. The normalized spacial score (nSPS) is 11.2. The van der Waals surface area contributed by atoms with Gasteiger partial charge in [-0.05, 0) is 31.2 Å². The van der Waals surface area contributed by atoms with Crippen molar-refractivity contribution in [1.29, 1.82) is 0 Å². The molecule has 0 saturated carbocycles. The van der Waals surface area contributed by atoms with Crippen molar-refractivity contribution in [1.82, 2.24) is 0 Å². The smallest absolute Gasteiger partial charge is 0.145 e. The molecular weight excluding hydrogens is 212 g/mol. The molecule has 0 aliphatic heterocycles. The second-order valence-corrected chi connectivity index (χ2v) is 3.33. The maximum Gasteiger partial charge on any atom is 0.145 e. The Morgan fingerprint density at radius 1 is 1.12 bits per heavy atom. The highest BCUT2D eigenvalue weighted by molar-refractivity contribution is 5.78. The molecule has 0 fully saturated rings. The predicted octanol–water partition coefficient (Wildman–Crippen LogP) is 3.62. The van der Waals surface area contributed by atoms with Crippen molar-refractivity contribution >= 4 is 11.9 Å². The summed E-state index contributed by atoms with van der Waals surface area (Å²) in [5.74, 6) is -0.000377. The lowest BCUT2D eigenvalue weighted by atomic mass is 10.3. The molecule has 0 atom stereocenters. The van der Waals surface area contributed by atoms with Gasteiger partial charge in [-0.2, -0.15) is 0 Å². The van der Waals surface area contributed by atoms with Crippen LogP contribution < -0.4 is 0 Å². The summed E-state index contributed by atoms with van der Waals surface area (Å²) in [5, 5.41) is 0. The quantitative estimate of drug-likeness (QED) is 0.711. The van der Waals surface area contributed by atoms with Crippen LogP contribution >= 0.6 is 0 Å². The third-order valence-electron chi connectivity index (χ3n) is 1.95. The van der Waals surface area contributed by atoms with Gasteiger partial charge in [0.25, 0.3) is 0 Å². The molecule has 2 rings (SSSR count). The Labute approximate surface area is 91.2 Å². The van der Waals surface area contributed by atoms with Crippen molar-refractivity contribution in [2.75, 3.05) is 0 Å². The highest BCUT2D eigenvalue weighted by Gasteiger charge is 1.99. The number of hydrogen-bond donors (Lipinski definition) is 0. The van der Waals surface area contributed by atoms with Crippen LogP contribution in [-0.2, 0) is 0 Å². The standard InChI is InChI=1S/C12H9F2NO/c1-8-2-3-12(16-8)7-15-11-5-9(13)4-10(14)6-11/h2-7H,1H3. The fraction of sp³-hybridized carbons (Fsp3) is 0.0833. The number of aryl methyl sites for hydroxylation is 1. The molecule has 0 amide bonds. The number of furan rings is 1. The summed E-state index contributed by atoms with van der Waals surface area (Å²) < 4.78 is 30.9. The van der Waals surface area contributed by atoms with E-state index in [9.17, 15) is 8.78 Å². The molecule has 82 valence electrons. The number of benzene rings is 1. The molecule has 16 heavy (non-hydrogen) atoms. The van der Waals surface area contributed by atoms with Gasteiger partial charge in [0, 0.05) is 6.07 Å². The SMILES string of the molecule is Cc1ccc(C=Nc2cc(F)cc(F)c2)o1. The lowest BCUT2D eigenvalue weighted by Gasteiger charge is -1.94. The molecule has 0 saturated heterocycles. The topological polar surface area (TPSA) is 25.5 Å². The summed E-state index contributed by atoms with van der Waals surface area (Å²) in [4.78, 5) is 3.91. The van der Waals surface area contributed by atoms with Crippen LogP contribution in [0.2, 0.25) is 0 Å². The van der Waals surface area contributed by atoms with E-state index < -0.39 is 11.6 Å². The zero-order chi connectivity index (χ0) is 11.5. The number of rotatable bonds is 2. The first-order valence-corrected chi connectivity index (χ1v) is 4.70. The van der Waals surface area contributed by atoms with Crippen LogP contribution in [0.3, 0.4) is 0 Å². The van der Waals surface area contributed by atoms with Crippen molar-refractivity contribution in [2.24, 2.45) is 4.99 Å². The van der Waals surface area contributed by atoms with Crippen molar-refractivity contribution < 1.29 is 13.2 Å². The minimum Gasteiger partial charge on any atom is -0.460 e. The van der Waals surface area contributed by atoms with E-state index in [-0.39, 0.29) is 5.69 Å². The molecular formula is C12H9F2NO. The molecule has 1 aromatic carbocycles. The zero-order valence-electron chi connectivity index (χ0n) is 8.58.